The van der Waals surface area contributed by atoms with E-state index in [9.17, 15) is 0 Å². The predicted molar refractivity (Wildman–Crippen MR) is 65.6 cm³/mol. The third kappa shape index (κ3) is 1.57. The zero-order valence-corrected chi connectivity index (χ0v) is 9.66. The van der Waals surface area contributed by atoms with Crippen molar-refractivity contribution in [3.8, 4) is 5.75 Å². The third-order valence-electron chi connectivity index (χ3n) is 2.71. The molecule has 3 N–H and O–H groups in total. The quantitative estimate of drug-likeness (QED) is 0.597. The van der Waals surface area contributed by atoms with E-state index in [0.29, 0.717) is 5.82 Å². The number of nitrogens with one attached hydrogen (secondary N) is 1. The predicted octanol–water partition coefficient (Wildman–Crippen LogP) is 2.15. The lowest BCUT2D eigenvalue weighted by molar-refractivity contribution is 0.419. The van der Waals surface area contributed by atoms with Crippen molar-refractivity contribution in [3.05, 3.63) is 29.3 Å². The maximum atomic E-state index is 5.42. The summed E-state index contributed by atoms with van der Waals surface area (Å²) in [4.78, 5) is 4.46. The molecule has 0 spiro atoms. The molecule has 4 nitrogen and oxygen atoms in total. The summed E-state index contributed by atoms with van der Waals surface area (Å²) in [6, 6.07) is 6.01. The van der Waals surface area contributed by atoms with Crippen molar-refractivity contribution in [2.24, 2.45) is 5.84 Å². The van der Waals surface area contributed by atoms with Gasteiger partial charge in [-0.15, -0.1) is 0 Å². The summed E-state index contributed by atoms with van der Waals surface area (Å²) in [5.41, 5.74) is 5.62. The first-order valence-electron chi connectivity index (χ1n) is 5.09. The molecular formula is C12H15N3O. The maximum Gasteiger partial charge on any atom is 0.145 e. The Morgan fingerprint density at radius 1 is 1.25 bits per heavy atom. The number of aryl methyl sites for hydroxylation is 2. The Morgan fingerprint density at radius 3 is 2.62 bits per heavy atom. The maximum absolute atomic E-state index is 5.42. The number of anilines is 1. The number of hydrazine groups is 1. The molecule has 0 saturated carbocycles. The van der Waals surface area contributed by atoms with Crippen LogP contribution in [0.15, 0.2) is 18.2 Å². The van der Waals surface area contributed by atoms with Crippen LogP contribution >= 0.6 is 0 Å². The minimum atomic E-state index is 0.677. The molecule has 0 unspecified atom stereocenters. The first kappa shape index (κ1) is 10.7. The number of nitrogens with two attached hydrogens (primary N) is 1. The smallest absolute Gasteiger partial charge is 0.145 e. The normalized spacial score (nSPS) is 10.5. The van der Waals surface area contributed by atoms with E-state index in [0.717, 1.165) is 22.2 Å². The van der Waals surface area contributed by atoms with Crippen LogP contribution in [0.1, 0.15) is 11.1 Å². The van der Waals surface area contributed by atoms with Gasteiger partial charge in [-0.1, -0.05) is 6.07 Å². The van der Waals surface area contributed by atoms with Gasteiger partial charge in [-0.25, -0.2) is 10.8 Å². The summed E-state index contributed by atoms with van der Waals surface area (Å²) < 4.78 is 5.29. The van der Waals surface area contributed by atoms with Gasteiger partial charge in [-0.3, -0.25) is 0 Å². The van der Waals surface area contributed by atoms with Gasteiger partial charge in [0.15, 0.2) is 0 Å². The van der Waals surface area contributed by atoms with E-state index < -0.39 is 0 Å². The number of hydrogen-bond acceptors (Lipinski definition) is 4. The van der Waals surface area contributed by atoms with Gasteiger partial charge in [0, 0.05) is 5.39 Å². The highest BCUT2D eigenvalue weighted by Crippen LogP contribution is 2.29. The van der Waals surface area contributed by atoms with Crippen LogP contribution < -0.4 is 16.0 Å². The van der Waals surface area contributed by atoms with E-state index in [2.05, 4.69) is 23.4 Å². The summed E-state index contributed by atoms with van der Waals surface area (Å²) in [6.45, 7) is 4.03. The third-order valence-corrected chi connectivity index (χ3v) is 2.71. The molecule has 0 fully saturated rings. The molecule has 1 aromatic carbocycles. The summed E-state index contributed by atoms with van der Waals surface area (Å²) in [5.74, 6) is 6.86. The molecule has 0 bridgehead atoms. The number of aromatic nitrogens is 1. The summed E-state index contributed by atoms with van der Waals surface area (Å²) in [5, 5.41) is 1.09. The van der Waals surface area contributed by atoms with Crippen molar-refractivity contribution < 1.29 is 4.74 Å². The average Bonchev–Trinajstić information content (AvgIpc) is 2.30. The highest BCUT2D eigenvalue weighted by molar-refractivity contribution is 5.89. The van der Waals surface area contributed by atoms with Crippen LogP contribution in [-0.4, -0.2) is 12.1 Å². The van der Waals surface area contributed by atoms with E-state index in [-0.39, 0.29) is 0 Å². The molecule has 1 heterocycles. The molecule has 16 heavy (non-hydrogen) atoms. The highest BCUT2D eigenvalue weighted by atomic mass is 16.5. The van der Waals surface area contributed by atoms with Crippen molar-refractivity contribution in [2.75, 3.05) is 12.5 Å². The molecule has 0 atom stereocenters. The molecule has 4 heteroatoms. The molecule has 0 amide bonds. The van der Waals surface area contributed by atoms with Crippen LogP contribution in [0, 0.1) is 13.8 Å². The van der Waals surface area contributed by atoms with E-state index >= 15 is 0 Å². The minimum Gasteiger partial charge on any atom is -0.494 e. The Kier molecular flexibility index (Phi) is 2.66. The Balaban J connectivity index is 2.83. The van der Waals surface area contributed by atoms with Crippen LogP contribution in [0.25, 0.3) is 10.9 Å². The fourth-order valence-corrected chi connectivity index (χ4v) is 1.78. The number of pyridine rings is 1. The van der Waals surface area contributed by atoms with Crippen LogP contribution in [0.5, 0.6) is 5.75 Å². The SMILES string of the molecule is COc1ccc(C)c2cc(C)c(NN)nc12. The number of ether oxygens (including phenoxy) is 1. The lowest BCUT2D eigenvalue weighted by atomic mass is 10.1. The second-order valence-electron chi connectivity index (χ2n) is 3.78. The van der Waals surface area contributed by atoms with Gasteiger partial charge >= 0.3 is 0 Å². The second kappa shape index (κ2) is 3.98. The number of methoxy groups -OCH3 is 1. The number of benzene rings is 1. The Hall–Kier alpha value is -1.81. The van der Waals surface area contributed by atoms with Crippen molar-refractivity contribution in [1.29, 1.82) is 0 Å². The monoisotopic (exact) mass is 217 g/mol. The number of rotatable bonds is 2. The summed E-state index contributed by atoms with van der Waals surface area (Å²) in [6.07, 6.45) is 0. The van der Waals surface area contributed by atoms with E-state index in [4.69, 9.17) is 10.6 Å². The van der Waals surface area contributed by atoms with E-state index in [1.54, 1.807) is 7.11 Å². The molecular weight excluding hydrogens is 202 g/mol. The molecule has 1 aromatic heterocycles. The second-order valence-corrected chi connectivity index (χ2v) is 3.78. The molecule has 84 valence electrons. The highest BCUT2D eigenvalue weighted by Gasteiger charge is 2.08. The van der Waals surface area contributed by atoms with Gasteiger partial charge in [-0.2, -0.15) is 0 Å². The average molecular weight is 217 g/mol. The number of fused-ring (bicyclic) bond motifs is 1. The fourth-order valence-electron chi connectivity index (χ4n) is 1.78. The van der Waals surface area contributed by atoms with Gasteiger partial charge in [0.05, 0.1) is 7.11 Å². The molecule has 0 radical (unpaired) electrons. The zero-order valence-electron chi connectivity index (χ0n) is 9.66. The first-order chi connectivity index (χ1) is 7.67. The van der Waals surface area contributed by atoms with Crippen LogP contribution in [-0.2, 0) is 0 Å². The van der Waals surface area contributed by atoms with Crippen LogP contribution in [0.4, 0.5) is 5.82 Å². The Bertz CT molecular complexity index is 537. The number of hydrogen-bond donors (Lipinski definition) is 2. The Morgan fingerprint density at radius 2 is 2.00 bits per heavy atom. The summed E-state index contributed by atoms with van der Waals surface area (Å²) in [7, 11) is 1.64. The number of nitrogen functional groups attached to an aromatic ring is 1. The fraction of sp³-hybridized carbons (Fsp3) is 0.250. The van der Waals surface area contributed by atoms with Gasteiger partial charge in [0.2, 0.25) is 0 Å². The van der Waals surface area contributed by atoms with E-state index in [1.165, 1.54) is 5.56 Å². The lowest BCUT2D eigenvalue weighted by Crippen LogP contribution is -2.10. The molecule has 0 aliphatic carbocycles. The van der Waals surface area contributed by atoms with Crippen LogP contribution in [0.2, 0.25) is 0 Å². The molecule has 2 aromatic rings. The molecule has 2 rings (SSSR count). The van der Waals surface area contributed by atoms with Crippen LogP contribution in [0.3, 0.4) is 0 Å². The first-order valence-corrected chi connectivity index (χ1v) is 5.09. The van der Waals surface area contributed by atoms with E-state index in [1.807, 2.05) is 19.1 Å². The van der Waals surface area contributed by atoms with Crippen molar-refractivity contribution in [2.45, 2.75) is 13.8 Å². The Labute approximate surface area is 94.4 Å². The van der Waals surface area contributed by atoms with Gasteiger partial charge in [0.1, 0.15) is 17.1 Å². The standard InChI is InChI=1S/C12H15N3O/c1-7-4-5-10(16-3)11-9(7)6-8(2)12(14-11)15-13/h4-6H,13H2,1-3H3,(H,14,15). The largest absolute Gasteiger partial charge is 0.494 e. The topological polar surface area (TPSA) is 60.2 Å². The zero-order chi connectivity index (χ0) is 11.7. The molecule has 0 aliphatic rings. The summed E-state index contributed by atoms with van der Waals surface area (Å²) >= 11 is 0. The number of nitrogens with zero attached hydrogens (tertiary/aromatic N) is 1. The minimum absolute atomic E-state index is 0.677. The molecule has 0 aliphatic heterocycles. The van der Waals surface area contributed by atoms with Crippen molar-refractivity contribution >= 4 is 16.7 Å². The van der Waals surface area contributed by atoms with Gasteiger partial charge in [-0.05, 0) is 37.1 Å². The van der Waals surface area contributed by atoms with Crippen molar-refractivity contribution in [3.63, 3.8) is 0 Å². The lowest BCUT2D eigenvalue weighted by Gasteiger charge is -2.11. The van der Waals surface area contributed by atoms with Crippen molar-refractivity contribution in [1.82, 2.24) is 4.98 Å². The molecule has 0 saturated heterocycles. The van der Waals surface area contributed by atoms with Gasteiger partial charge < -0.3 is 10.2 Å². The van der Waals surface area contributed by atoms with Gasteiger partial charge in [0.25, 0.3) is 0 Å².